The van der Waals surface area contributed by atoms with Crippen LogP contribution >= 0.6 is 0 Å². The highest BCUT2D eigenvalue weighted by Crippen LogP contribution is 2.42. The number of aryl methyl sites for hydroxylation is 1. The van der Waals surface area contributed by atoms with Crippen molar-refractivity contribution in [1.29, 1.82) is 0 Å². The number of fused-ring (bicyclic) bond motifs is 4. The molecule has 3 aromatic rings. The lowest BCUT2D eigenvalue weighted by Crippen LogP contribution is -2.56. The summed E-state index contributed by atoms with van der Waals surface area (Å²) in [7, 11) is -1.10. The molecule has 7 heteroatoms. The fraction of sp³-hybridized carbons (Fsp3) is 0.480. The number of nitrogens with one attached hydrogen (secondary N) is 1. The Morgan fingerprint density at radius 1 is 1.12 bits per heavy atom. The lowest BCUT2D eigenvalue weighted by Gasteiger charge is -2.49. The Balaban J connectivity index is 1.33. The fourth-order valence-corrected chi connectivity index (χ4v) is 6.70. The van der Waals surface area contributed by atoms with Crippen molar-refractivity contribution in [2.45, 2.75) is 38.1 Å². The molecular weight excluding hydrogens is 420 g/mol. The van der Waals surface area contributed by atoms with Gasteiger partial charge in [0.25, 0.3) is 0 Å². The van der Waals surface area contributed by atoms with E-state index in [1.807, 2.05) is 14.0 Å². The Hall–Kier alpha value is -2.22. The van der Waals surface area contributed by atoms with E-state index in [-0.39, 0.29) is 5.75 Å². The van der Waals surface area contributed by atoms with Gasteiger partial charge in [0.2, 0.25) is 10.0 Å². The van der Waals surface area contributed by atoms with Gasteiger partial charge in [-0.15, -0.1) is 0 Å². The van der Waals surface area contributed by atoms with Crippen molar-refractivity contribution >= 4 is 20.8 Å². The zero-order chi connectivity index (χ0) is 22.3. The number of hydrogen-bond donors (Lipinski definition) is 1. The maximum atomic E-state index is 12.1. The van der Waals surface area contributed by atoms with E-state index in [0.29, 0.717) is 30.8 Å². The highest BCUT2D eigenvalue weighted by atomic mass is 32.2. The molecule has 0 radical (unpaired) electrons. The second kappa shape index (κ2) is 8.61. The van der Waals surface area contributed by atoms with Crippen LogP contribution in [0.25, 0.3) is 22.0 Å². The molecule has 2 bridgehead atoms. The minimum atomic E-state index is -3.15. The van der Waals surface area contributed by atoms with Gasteiger partial charge in [-0.25, -0.2) is 13.1 Å². The van der Waals surface area contributed by atoms with Crippen molar-refractivity contribution in [2.24, 2.45) is 13.0 Å². The molecule has 1 aromatic heterocycles. The molecule has 3 aliphatic heterocycles. The lowest BCUT2D eigenvalue weighted by molar-refractivity contribution is 0.0306. The number of benzene rings is 2. The van der Waals surface area contributed by atoms with E-state index in [4.69, 9.17) is 5.10 Å². The minimum absolute atomic E-state index is 0.207. The average molecular weight is 453 g/mol. The van der Waals surface area contributed by atoms with Gasteiger partial charge in [0.05, 0.1) is 11.4 Å². The molecule has 0 aliphatic carbocycles. The molecule has 1 unspecified atom stereocenters. The normalized spacial score (nSPS) is 25.4. The molecule has 2 aromatic carbocycles. The van der Waals surface area contributed by atoms with E-state index >= 15 is 0 Å². The summed E-state index contributed by atoms with van der Waals surface area (Å²) in [6.07, 6.45) is 2.85. The van der Waals surface area contributed by atoms with Crippen LogP contribution in [-0.4, -0.2) is 54.5 Å². The first kappa shape index (κ1) is 21.6. The predicted molar refractivity (Wildman–Crippen MR) is 129 cm³/mol. The topological polar surface area (TPSA) is 67.2 Å². The van der Waals surface area contributed by atoms with Gasteiger partial charge in [-0.2, -0.15) is 5.10 Å². The standard InChI is InChI=1S/C25H32N4O2S/c1-3-12-32(30,31)26-16-22-14-20-10-11-29(22)17-23(20)25-15-24(27-28(25)2)21-9-8-18-6-4-5-7-19(18)13-21/h4-9,13,15,20,22-23,26H,3,10-12,14,16-17H2,1-2H3/t20-,22-,23+/m1/s1. The van der Waals surface area contributed by atoms with Crippen LogP contribution in [-0.2, 0) is 17.1 Å². The molecule has 32 heavy (non-hydrogen) atoms. The molecule has 3 fully saturated rings. The molecule has 0 spiro atoms. The number of piperidine rings is 3. The SMILES string of the molecule is CCCS(=O)(=O)NC[C@H]1C[C@H]2CCN1C[C@@H]2c1cc(-c2ccc3ccccc3c2)nn1C. The van der Waals surface area contributed by atoms with E-state index in [0.717, 1.165) is 30.8 Å². The Kier molecular flexibility index (Phi) is 5.82. The molecule has 1 N–H and O–H groups in total. The van der Waals surface area contributed by atoms with Crippen molar-refractivity contribution in [2.75, 3.05) is 25.4 Å². The van der Waals surface area contributed by atoms with Crippen LogP contribution < -0.4 is 4.72 Å². The fourth-order valence-electron chi connectivity index (χ4n) is 5.57. The van der Waals surface area contributed by atoms with Crippen molar-refractivity contribution in [3.63, 3.8) is 0 Å². The van der Waals surface area contributed by atoms with Gasteiger partial charge in [0, 0.05) is 43.4 Å². The third kappa shape index (κ3) is 4.21. The lowest BCUT2D eigenvalue weighted by atomic mass is 9.74. The molecule has 4 atom stereocenters. The van der Waals surface area contributed by atoms with E-state index < -0.39 is 10.0 Å². The Labute approximate surface area is 190 Å². The third-order valence-corrected chi connectivity index (χ3v) is 8.78. The summed E-state index contributed by atoms with van der Waals surface area (Å²) in [5.74, 6) is 1.22. The number of nitrogens with zero attached hydrogens (tertiary/aromatic N) is 3. The van der Waals surface area contributed by atoms with Crippen LogP contribution in [0.5, 0.6) is 0 Å². The number of hydrogen-bond acceptors (Lipinski definition) is 4. The summed E-state index contributed by atoms with van der Waals surface area (Å²) < 4.78 is 29.1. The monoisotopic (exact) mass is 452 g/mol. The van der Waals surface area contributed by atoms with E-state index in [1.54, 1.807) is 0 Å². The van der Waals surface area contributed by atoms with Crippen molar-refractivity contribution in [1.82, 2.24) is 19.4 Å². The number of sulfonamides is 1. The van der Waals surface area contributed by atoms with E-state index in [2.05, 4.69) is 62.8 Å². The van der Waals surface area contributed by atoms with Gasteiger partial charge in [-0.1, -0.05) is 43.3 Å². The highest BCUT2D eigenvalue weighted by molar-refractivity contribution is 7.89. The number of rotatable bonds is 7. The smallest absolute Gasteiger partial charge is 0.211 e. The van der Waals surface area contributed by atoms with E-state index in [1.165, 1.54) is 22.9 Å². The summed E-state index contributed by atoms with van der Waals surface area (Å²) in [6.45, 7) is 4.45. The molecule has 3 aliphatic rings. The van der Waals surface area contributed by atoms with Crippen LogP contribution in [0.3, 0.4) is 0 Å². The summed E-state index contributed by atoms with van der Waals surface area (Å²) in [5, 5.41) is 7.33. The van der Waals surface area contributed by atoms with Crippen molar-refractivity contribution in [3.8, 4) is 11.3 Å². The van der Waals surface area contributed by atoms with Gasteiger partial charge >= 0.3 is 0 Å². The first-order valence-corrected chi connectivity index (χ1v) is 13.3. The summed E-state index contributed by atoms with van der Waals surface area (Å²) in [6, 6.07) is 17.5. The summed E-state index contributed by atoms with van der Waals surface area (Å²) >= 11 is 0. The van der Waals surface area contributed by atoms with Gasteiger partial charge in [0.1, 0.15) is 0 Å². The first-order chi connectivity index (χ1) is 15.4. The van der Waals surface area contributed by atoms with Crippen molar-refractivity contribution < 1.29 is 8.42 Å². The third-order valence-electron chi connectivity index (χ3n) is 7.23. The zero-order valence-corrected chi connectivity index (χ0v) is 19.7. The molecule has 6 nitrogen and oxygen atoms in total. The average Bonchev–Trinajstić information content (AvgIpc) is 3.19. The van der Waals surface area contributed by atoms with Gasteiger partial charge in [0.15, 0.2) is 0 Å². The molecule has 0 amide bonds. The Morgan fingerprint density at radius 2 is 1.94 bits per heavy atom. The van der Waals surface area contributed by atoms with Crippen LogP contribution in [0.1, 0.15) is 37.8 Å². The first-order valence-electron chi connectivity index (χ1n) is 11.7. The van der Waals surface area contributed by atoms with Crippen LogP contribution in [0.4, 0.5) is 0 Å². The van der Waals surface area contributed by atoms with Crippen molar-refractivity contribution in [3.05, 3.63) is 54.2 Å². The molecule has 3 saturated heterocycles. The molecular formula is C25H32N4O2S. The van der Waals surface area contributed by atoms with Crippen LogP contribution in [0.15, 0.2) is 48.5 Å². The maximum absolute atomic E-state index is 12.1. The van der Waals surface area contributed by atoms with E-state index in [9.17, 15) is 8.42 Å². The Morgan fingerprint density at radius 3 is 2.69 bits per heavy atom. The molecule has 170 valence electrons. The summed E-state index contributed by atoms with van der Waals surface area (Å²) in [5.41, 5.74) is 3.46. The minimum Gasteiger partial charge on any atom is -0.298 e. The molecule has 6 rings (SSSR count). The maximum Gasteiger partial charge on any atom is 0.211 e. The van der Waals surface area contributed by atoms with Crippen LogP contribution in [0, 0.1) is 5.92 Å². The predicted octanol–water partition coefficient (Wildman–Crippen LogP) is 3.75. The second-order valence-electron chi connectivity index (χ2n) is 9.35. The number of aromatic nitrogens is 2. The van der Waals surface area contributed by atoms with Gasteiger partial charge in [-0.3, -0.25) is 9.58 Å². The quantitative estimate of drug-likeness (QED) is 0.593. The largest absolute Gasteiger partial charge is 0.298 e. The van der Waals surface area contributed by atoms with Gasteiger partial charge < -0.3 is 0 Å². The molecule has 4 heterocycles. The van der Waals surface area contributed by atoms with Crippen LogP contribution in [0.2, 0.25) is 0 Å². The van der Waals surface area contributed by atoms with Gasteiger partial charge in [-0.05, 0) is 54.6 Å². The summed E-state index contributed by atoms with van der Waals surface area (Å²) in [4.78, 5) is 2.47. The molecule has 0 saturated carbocycles. The highest BCUT2D eigenvalue weighted by Gasteiger charge is 2.42. The zero-order valence-electron chi connectivity index (χ0n) is 18.9. The Bertz CT molecular complexity index is 1220. The second-order valence-corrected chi connectivity index (χ2v) is 11.3.